The summed E-state index contributed by atoms with van der Waals surface area (Å²) in [5.41, 5.74) is 0. The first kappa shape index (κ1) is 27.2. The van der Waals surface area contributed by atoms with E-state index >= 15 is 0 Å². The molecule has 0 aromatic carbocycles. The molecule has 1 heterocycles. The average Bonchev–Trinajstić information content (AvgIpc) is 2.96. The third-order valence-electron chi connectivity index (χ3n) is 5.53. The van der Waals surface area contributed by atoms with Crippen molar-refractivity contribution in [3.05, 3.63) is 12.2 Å². The molecule has 0 aromatic rings. The van der Waals surface area contributed by atoms with Gasteiger partial charge in [0.05, 0.1) is 37.4 Å². The number of hydrogen-bond donors (Lipinski definition) is 1. The number of carboxylic acids is 1. The van der Waals surface area contributed by atoms with E-state index in [1.165, 1.54) is 0 Å². The number of unbranched alkanes of at least 4 members (excludes halogenated alkanes) is 1. The normalized spacial score (nSPS) is 31.2. The van der Waals surface area contributed by atoms with Gasteiger partial charge in [-0.05, 0) is 51.9 Å². The molecule has 0 unspecified atom stereocenters. The standard InChI is InChI=1S/C20H34O10S2/c1-20(2)27-13-17(28-20)19-14(9-7-5-6-8-10-18(21)22)15(29-31(3,23)24)11-12-16(19)30-32(4,25)26/h5,7,14-17,19H,6,8-13H2,1-4H3,(H,21,22)/t14-,15-,16+,17-,19+/m1/s1. The molecule has 10 nitrogen and oxygen atoms in total. The first-order chi connectivity index (χ1) is 14.7. The van der Waals surface area contributed by atoms with Crippen LogP contribution in [-0.2, 0) is 42.9 Å². The van der Waals surface area contributed by atoms with Crippen molar-refractivity contribution in [3.63, 3.8) is 0 Å². The van der Waals surface area contributed by atoms with Gasteiger partial charge < -0.3 is 14.6 Å². The summed E-state index contributed by atoms with van der Waals surface area (Å²) in [5.74, 6) is -2.63. The molecule has 1 saturated carbocycles. The van der Waals surface area contributed by atoms with Crippen LogP contribution < -0.4 is 0 Å². The summed E-state index contributed by atoms with van der Waals surface area (Å²) in [6.07, 6.45) is 5.85. The van der Waals surface area contributed by atoms with Crippen molar-refractivity contribution in [3.8, 4) is 0 Å². The van der Waals surface area contributed by atoms with E-state index in [1.54, 1.807) is 13.8 Å². The summed E-state index contributed by atoms with van der Waals surface area (Å²) in [5, 5.41) is 8.75. The maximum atomic E-state index is 11.9. The highest BCUT2D eigenvalue weighted by molar-refractivity contribution is 7.86. The fourth-order valence-corrected chi connectivity index (χ4v) is 5.77. The lowest BCUT2D eigenvalue weighted by Crippen LogP contribution is -2.50. The Labute approximate surface area is 190 Å². The number of ether oxygens (including phenoxy) is 2. The van der Waals surface area contributed by atoms with Gasteiger partial charge in [-0.25, -0.2) is 0 Å². The fraction of sp³-hybridized carbons (Fsp3) is 0.850. The number of rotatable bonds is 11. The zero-order chi connectivity index (χ0) is 24.2. The molecule has 12 heteroatoms. The van der Waals surface area contributed by atoms with E-state index in [0.717, 1.165) is 12.5 Å². The maximum absolute atomic E-state index is 11.9. The summed E-state index contributed by atoms with van der Waals surface area (Å²) in [6, 6.07) is 0. The van der Waals surface area contributed by atoms with Crippen LogP contribution in [0.1, 0.15) is 52.4 Å². The molecular formula is C20H34O10S2. The Kier molecular flexibility index (Phi) is 9.28. The molecule has 0 bridgehead atoms. The van der Waals surface area contributed by atoms with Crippen molar-refractivity contribution in [2.75, 3.05) is 19.1 Å². The van der Waals surface area contributed by atoms with Gasteiger partial charge >= 0.3 is 5.97 Å². The van der Waals surface area contributed by atoms with E-state index in [0.29, 0.717) is 25.7 Å². The Balaban J connectivity index is 2.28. The van der Waals surface area contributed by atoms with E-state index in [9.17, 15) is 21.6 Å². The van der Waals surface area contributed by atoms with Crippen LogP contribution in [0.3, 0.4) is 0 Å². The Hall–Kier alpha value is -1.05. The van der Waals surface area contributed by atoms with Crippen molar-refractivity contribution in [2.24, 2.45) is 11.8 Å². The highest BCUT2D eigenvalue weighted by Gasteiger charge is 2.50. The number of allylic oxidation sites excluding steroid dienone is 2. The average molecular weight is 499 g/mol. The van der Waals surface area contributed by atoms with Crippen molar-refractivity contribution in [1.29, 1.82) is 0 Å². The monoisotopic (exact) mass is 498 g/mol. The molecule has 0 radical (unpaired) electrons. The van der Waals surface area contributed by atoms with Crippen molar-refractivity contribution >= 4 is 26.2 Å². The molecule has 1 aliphatic carbocycles. The SMILES string of the molecule is CC1(C)OC[C@H]([C@H]2[C@H](CC=CCCCC(=O)O)[C@H](OS(C)(=O)=O)CC[C@@H]2OS(C)(=O)=O)O1. The zero-order valence-electron chi connectivity index (χ0n) is 18.9. The first-order valence-electron chi connectivity index (χ1n) is 10.6. The highest BCUT2D eigenvalue weighted by atomic mass is 32.2. The van der Waals surface area contributed by atoms with Gasteiger partial charge in [0.15, 0.2) is 5.79 Å². The molecule has 0 amide bonds. The Morgan fingerprint density at radius 1 is 1.06 bits per heavy atom. The molecule has 0 spiro atoms. The summed E-state index contributed by atoms with van der Waals surface area (Å²) in [7, 11) is -7.51. The molecule has 5 atom stereocenters. The molecule has 2 aliphatic rings. The van der Waals surface area contributed by atoms with Gasteiger partial charge in [-0.2, -0.15) is 16.8 Å². The fourth-order valence-electron chi connectivity index (χ4n) is 4.41. The van der Waals surface area contributed by atoms with E-state index in [-0.39, 0.29) is 19.4 Å². The minimum atomic E-state index is -3.76. The summed E-state index contributed by atoms with van der Waals surface area (Å²) >= 11 is 0. The zero-order valence-corrected chi connectivity index (χ0v) is 20.6. The highest BCUT2D eigenvalue weighted by Crippen LogP contribution is 2.43. The summed E-state index contributed by atoms with van der Waals surface area (Å²) in [4.78, 5) is 10.7. The predicted molar refractivity (Wildman–Crippen MR) is 116 cm³/mol. The Morgan fingerprint density at radius 2 is 1.66 bits per heavy atom. The van der Waals surface area contributed by atoms with E-state index < -0.39 is 62.1 Å². The van der Waals surface area contributed by atoms with Gasteiger partial charge in [0.25, 0.3) is 20.2 Å². The van der Waals surface area contributed by atoms with Crippen LogP contribution in [0.2, 0.25) is 0 Å². The van der Waals surface area contributed by atoms with Crippen molar-refractivity contribution < 1.29 is 44.6 Å². The summed E-state index contributed by atoms with van der Waals surface area (Å²) in [6.45, 7) is 3.72. The van der Waals surface area contributed by atoms with Crippen LogP contribution in [0.15, 0.2) is 12.2 Å². The van der Waals surface area contributed by atoms with Gasteiger partial charge in [-0.3, -0.25) is 13.2 Å². The smallest absolute Gasteiger partial charge is 0.303 e. The van der Waals surface area contributed by atoms with Crippen molar-refractivity contribution in [1.82, 2.24) is 0 Å². The molecule has 1 aliphatic heterocycles. The first-order valence-corrected chi connectivity index (χ1v) is 14.3. The molecular weight excluding hydrogens is 464 g/mol. The van der Waals surface area contributed by atoms with E-state index in [2.05, 4.69) is 0 Å². The molecule has 186 valence electrons. The van der Waals surface area contributed by atoms with Crippen LogP contribution >= 0.6 is 0 Å². The lowest BCUT2D eigenvalue weighted by molar-refractivity contribution is -0.160. The lowest BCUT2D eigenvalue weighted by Gasteiger charge is -2.43. The van der Waals surface area contributed by atoms with Crippen molar-refractivity contribution in [2.45, 2.75) is 76.5 Å². The molecule has 2 fully saturated rings. The third-order valence-corrected chi connectivity index (χ3v) is 6.72. The second kappa shape index (κ2) is 10.9. The maximum Gasteiger partial charge on any atom is 0.303 e. The van der Waals surface area contributed by atoms with Gasteiger partial charge in [-0.1, -0.05) is 12.2 Å². The third kappa shape index (κ3) is 9.06. The van der Waals surface area contributed by atoms with Gasteiger partial charge in [0, 0.05) is 12.3 Å². The van der Waals surface area contributed by atoms with Gasteiger partial charge in [-0.15, -0.1) is 0 Å². The minimum absolute atomic E-state index is 0.0584. The van der Waals surface area contributed by atoms with Crippen LogP contribution in [-0.4, -0.2) is 71.1 Å². The van der Waals surface area contributed by atoms with Crippen LogP contribution in [0, 0.1) is 11.8 Å². The number of carboxylic acid groups (broad SMARTS) is 1. The van der Waals surface area contributed by atoms with E-state index in [1.807, 2.05) is 12.2 Å². The van der Waals surface area contributed by atoms with Gasteiger partial charge in [0.2, 0.25) is 0 Å². The minimum Gasteiger partial charge on any atom is -0.481 e. The summed E-state index contributed by atoms with van der Waals surface area (Å²) < 4.78 is 70.1. The second-order valence-corrected chi connectivity index (χ2v) is 12.1. The quantitative estimate of drug-likeness (QED) is 0.255. The Morgan fingerprint density at radius 3 is 2.19 bits per heavy atom. The molecule has 0 aromatic heterocycles. The molecule has 1 saturated heterocycles. The van der Waals surface area contributed by atoms with E-state index in [4.69, 9.17) is 22.9 Å². The lowest BCUT2D eigenvalue weighted by atomic mass is 9.71. The molecule has 32 heavy (non-hydrogen) atoms. The molecule has 2 rings (SSSR count). The predicted octanol–water partition coefficient (Wildman–Crippen LogP) is 2.05. The number of carbonyl (C=O) groups is 1. The van der Waals surface area contributed by atoms with Crippen LogP contribution in [0.4, 0.5) is 0 Å². The molecule has 1 N–H and O–H groups in total. The number of hydrogen-bond acceptors (Lipinski definition) is 9. The Bertz CT molecular complexity index is 878. The van der Waals surface area contributed by atoms with Gasteiger partial charge in [0.1, 0.15) is 0 Å². The number of aliphatic carboxylic acids is 1. The van der Waals surface area contributed by atoms with Crippen LogP contribution in [0.25, 0.3) is 0 Å². The largest absolute Gasteiger partial charge is 0.481 e. The topological polar surface area (TPSA) is 142 Å². The second-order valence-electron chi connectivity index (χ2n) is 8.86. The van der Waals surface area contributed by atoms with Crippen LogP contribution in [0.5, 0.6) is 0 Å².